The molecule has 3 aliphatic rings. The smallest absolute Gasteiger partial charge is 0.235 e. The van der Waals surface area contributed by atoms with Crippen LogP contribution in [-0.4, -0.2) is 38.6 Å². The van der Waals surface area contributed by atoms with E-state index in [2.05, 4.69) is 298 Å². The molecular weight excluding hydrogens is 1170 g/mol. The van der Waals surface area contributed by atoms with Gasteiger partial charge >= 0.3 is 0 Å². The Bertz CT molecular complexity index is 6140. The van der Waals surface area contributed by atoms with Crippen LogP contribution in [0.3, 0.4) is 0 Å². The Balaban J connectivity index is 0.741. The van der Waals surface area contributed by atoms with Crippen LogP contribution in [-0.2, 0) is 16.2 Å². The Kier molecular flexibility index (Phi) is 11.2. The maximum atomic E-state index is 5.43. The van der Waals surface area contributed by atoms with Crippen molar-refractivity contribution in [2.24, 2.45) is 0 Å². The number of aromatic nitrogens is 8. The van der Waals surface area contributed by atoms with Crippen molar-refractivity contribution < 1.29 is 0 Å². The zero-order valence-corrected chi connectivity index (χ0v) is 54.0. The van der Waals surface area contributed by atoms with Crippen LogP contribution in [0.4, 0.5) is 0 Å². The summed E-state index contributed by atoms with van der Waals surface area (Å²) >= 11 is 0. The summed E-state index contributed by atoms with van der Waals surface area (Å²) in [5.41, 5.74) is 29.3. The van der Waals surface area contributed by atoms with Crippen molar-refractivity contribution in [3.05, 3.63) is 301 Å². The summed E-state index contributed by atoms with van der Waals surface area (Å²) in [6.45, 7) is 14.1. The Hall–Kier alpha value is -11.9. The van der Waals surface area contributed by atoms with Crippen molar-refractivity contribution in [2.75, 3.05) is 0 Å². The van der Waals surface area contributed by atoms with Crippen LogP contribution in [0.5, 0.6) is 0 Å². The molecule has 6 heterocycles. The zero-order valence-electron chi connectivity index (χ0n) is 54.0. The molecule has 0 saturated carbocycles. The first-order chi connectivity index (χ1) is 46.9. The monoisotopic (exact) mass is 1230 g/mol. The second kappa shape index (κ2) is 19.6. The molecule has 11 aromatic carbocycles. The molecular formula is C88H62N8. The van der Waals surface area contributed by atoms with E-state index < -0.39 is 0 Å². The highest BCUT2D eigenvalue weighted by molar-refractivity contribution is 6.18. The minimum Gasteiger partial charge on any atom is -0.294 e. The molecule has 454 valence electrons. The van der Waals surface area contributed by atoms with Crippen LogP contribution in [0.2, 0.25) is 0 Å². The van der Waals surface area contributed by atoms with Gasteiger partial charge in [-0.2, -0.15) is 0 Å². The standard InChI is InChI=1S/C88H62N8/c1-86(2)68-31-17-13-26-57(68)61-41-65-60-29-16-20-34-76(60)94(79(65)44-71(61)86)82-39-37-54(48-89-82)56-30-21-35-78-83(56)67-43-63-59-28-15-19-33-70(59)88(5,6)73(63)46-81(67)96(78)84-90-49-55(50-91-84)53-36-38-77-64(40-53)66-42-62-58-27-14-18-32-69(58)87(3,4)72(62)45-80(66)95(77)85-92-74(51-22-9-7-10-23-51)47-75(93-85)52-24-11-8-12-25-52/h7-50H,1-6H3. The minimum absolute atomic E-state index is 0.142. The molecule has 0 radical (unpaired) electrons. The van der Waals surface area contributed by atoms with E-state index >= 15 is 0 Å². The van der Waals surface area contributed by atoms with E-state index in [0.717, 1.165) is 105 Å². The van der Waals surface area contributed by atoms with Crippen LogP contribution < -0.4 is 0 Å². The molecule has 17 aromatic rings. The normalized spacial score (nSPS) is 14.4. The molecule has 96 heavy (non-hydrogen) atoms. The van der Waals surface area contributed by atoms with Gasteiger partial charge in [0.15, 0.2) is 0 Å². The number of fused-ring (bicyclic) bond motifs is 18. The van der Waals surface area contributed by atoms with E-state index in [0.29, 0.717) is 11.9 Å². The summed E-state index contributed by atoms with van der Waals surface area (Å²) in [5.74, 6) is 2.09. The van der Waals surface area contributed by atoms with Gasteiger partial charge in [-0.3, -0.25) is 13.7 Å². The van der Waals surface area contributed by atoms with Gasteiger partial charge in [0.25, 0.3) is 0 Å². The lowest BCUT2D eigenvalue weighted by Gasteiger charge is -2.21. The molecule has 20 rings (SSSR count). The average molecular weight is 1230 g/mol. The van der Waals surface area contributed by atoms with Gasteiger partial charge < -0.3 is 0 Å². The third-order valence-electron chi connectivity index (χ3n) is 21.9. The summed E-state index contributed by atoms with van der Waals surface area (Å²) in [7, 11) is 0. The summed E-state index contributed by atoms with van der Waals surface area (Å²) in [4.78, 5) is 27.0. The molecule has 0 atom stereocenters. The summed E-state index contributed by atoms with van der Waals surface area (Å²) in [6, 6.07) is 90.7. The highest BCUT2D eigenvalue weighted by Crippen LogP contribution is 2.55. The van der Waals surface area contributed by atoms with Gasteiger partial charge in [0, 0.05) is 89.4 Å². The highest BCUT2D eigenvalue weighted by Gasteiger charge is 2.40. The van der Waals surface area contributed by atoms with Gasteiger partial charge in [0.2, 0.25) is 11.9 Å². The number of rotatable bonds is 7. The van der Waals surface area contributed by atoms with Crippen LogP contribution in [0.25, 0.3) is 161 Å². The second-order valence-electron chi connectivity index (χ2n) is 28.1. The first-order valence-electron chi connectivity index (χ1n) is 33.3. The zero-order chi connectivity index (χ0) is 64.1. The fourth-order valence-corrected chi connectivity index (χ4v) is 17.0. The van der Waals surface area contributed by atoms with Crippen LogP contribution in [0.15, 0.2) is 267 Å². The number of benzene rings is 11. The van der Waals surface area contributed by atoms with E-state index in [1.165, 1.54) is 77.5 Å². The number of hydrogen-bond donors (Lipinski definition) is 0. The molecule has 0 bridgehead atoms. The van der Waals surface area contributed by atoms with Crippen molar-refractivity contribution >= 4 is 65.4 Å². The Morgan fingerprint density at radius 3 is 1.26 bits per heavy atom. The van der Waals surface area contributed by atoms with Crippen molar-refractivity contribution in [3.8, 4) is 95.9 Å². The van der Waals surface area contributed by atoms with E-state index in [4.69, 9.17) is 24.9 Å². The summed E-state index contributed by atoms with van der Waals surface area (Å²) in [5, 5.41) is 6.92. The lowest BCUT2D eigenvalue weighted by molar-refractivity contribution is 0.660. The molecule has 0 fully saturated rings. The summed E-state index contributed by atoms with van der Waals surface area (Å²) in [6.07, 6.45) is 6.06. The van der Waals surface area contributed by atoms with Crippen LogP contribution >= 0.6 is 0 Å². The Labute approximate surface area is 555 Å². The molecule has 0 aliphatic heterocycles. The van der Waals surface area contributed by atoms with Crippen molar-refractivity contribution in [1.82, 2.24) is 38.6 Å². The van der Waals surface area contributed by atoms with Gasteiger partial charge in [-0.15, -0.1) is 0 Å². The van der Waals surface area contributed by atoms with Crippen molar-refractivity contribution in [2.45, 2.75) is 57.8 Å². The summed E-state index contributed by atoms with van der Waals surface area (Å²) < 4.78 is 6.91. The molecule has 0 unspecified atom stereocenters. The molecule has 0 N–H and O–H groups in total. The third-order valence-corrected chi connectivity index (χ3v) is 21.9. The van der Waals surface area contributed by atoms with Crippen molar-refractivity contribution in [1.29, 1.82) is 0 Å². The molecule has 8 nitrogen and oxygen atoms in total. The number of hydrogen-bond acceptors (Lipinski definition) is 5. The van der Waals surface area contributed by atoms with Gasteiger partial charge in [-0.1, -0.05) is 211 Å². The fourth-order valence-electron chi connectivity index (χ4n) is 17.0. The minimum atomic E-state index is -0.232. The molecule has 0 amide bonds. The number of nitrogens with zero attached hydrogens (tertiary/aromatic N) is 8. The van der Waals surface area contributed by atoms with Gasteiger partial charge in [-0.25, -0.2) is 24.9 Å². The topological polar surface area (TPSA) is 79.2 Å². The van der Waals surface area contributed by atoms with Crippen molar-refractivity contribution in [3.63, 3.8) is 0 Å². The second-order valence-corrected chi connectivity index (χ2v) is 28.1. The SMILES string of the molecule is CC1(C)c2ccccc2-c2cc3c4ccccc4n(-c4ccc(-c5cccc6c5c5cc7c(cc5n6-c5ncc(-c6ccc8c(c6)c6cc9c(cc6n8-c6nc(-c8ccccc8)cc(-c8ccccc8)n6)C(C)(C)c6ccccc6-9)cn5)C(C)(C)c5ccccc5-7)cn4)c3cc21. The lowest BCUT2D eigenvalue weighted by atomic mass is 9.82. The Morgan fingerprint density at radius 2 is 0.688 bits per heavy atom. The van der Waals surface area contributed by atoms with E-state index in [-0.39, 0.29) is 16.2 Å². The molecule has 8 heteroatoms. The predicted molar refractivity (Wildman–Crippen MR) is 393 cm³/mol. The highest BCUT2D eigenvalue weighted by atomic mass is 15.2. The quantitative estimate of drug-likeness (QED) is 0.159. The van der Waals surface area contributed by atoms with Gasteiger partial charge in [0.1, 0.15) is 5.82 Å². The molecule has 0 spiro atoms. The Morgan fingerprint density at radius 1 is 0.250 bits per heavy atom. The average Bonchev–Trinajstić information content (AvgIpc) is 1.56. The fraction of sp³-hybridized carbons (Fsp3) is 0.102. The maximum Gasteiger partial charge on any atom is 0.235 e. The maximum absolute atomic E-state index is 5.43. The molecule has 0 saturated heterocycles. The largest absolute Gasteiger partial charge is 0.294 e. The molecule has 3 aliphatic carbocycles. The molecule has 6 aromatic heterocycles. The number of pyridine rings is 1. The van der Waals surface area contributed by atoms with Crippen LogP contribution in [0, 0.1) is 0 Å². The van der Waals surface area contributed by atoms with Gasteiger partial charge in [-0.05, 0) is 157 Å². The third kappa shape index (κ3) is 7.58. The van der Waals surface area contributed by atoms with E-state index in [1.54, 1.807) is 0 Å². The number of para-hydroxylation sites is 1. The van der Waals surface area contributed by atoms with Crippen LogP contribution in [0.1, 0.15) is 74.9 Å². The van der Waals surface area contributed by atoms with E-state index in [1.807, 2.05) is 24.5 Å². The van der Waals surface area contributed by atoms with Gasteiger partial charge in [0.05, 0.1) is 44.5 Å². The lowest BCUT2D eigenvalue weighted by Crippen LogP contribution is -2.15. The first kappa shape index (κ1) is 54.7. The predicted octanol–water partition coefficient (Wildman–Crippen LogP) is 21.5. The van der Waals surface area contributed by atoms with E-state index in [9.17, 15) is 0 Å². The first-order valence-corrected chi connectivity index (χ1v) is 33.3.